The van der Waals surface area contributed by atoms with E-state index in [1.54, 1.807) is 18.2 Å². The summed E-state index contributed by atoms with van der Waals surface area (Å²) in [6.07, 6.45) is 0. The number of hydrazone groups is 2. The maximum Gasteiger partial charge on any atom is 0.256 e. The van der Waals surface area contributed by atoms with Crippen LogP contribution in [0.15, 0.2) is 64.8 Å². The number of halogens is 2. The first-order valence-electron chi connectivity index (χ1n) is 12.9. The van der Waals surface area contributed by atoms with Crippen molar-refractivity contribution in [2.45, 2.75) is 47.5 Å². The molecular formula is C31H30Cl2N4O2. The molecule has 0 radical (unpaired) electrons. The summed E-state index contributed by atoms with van der Waals surface area (Å²) in [5.41, 5.74) is 7.63. The van der Waals surface area contributed by atoms with E-state index in [4.69, 9.17) is 23.2 Å². The molecule has 0 N–H and O–H groups in total. The first-order chi connectivity index (χ1) is 18.5. The lowest BCUT2D eigenvalue weighted by Gasteiger charge is -2.29. The monoisotopic (exact) mass is 560 g/mol. The van der Waals surface area contributed by atoms with Crippen molar-refractivity contribution in [3.8, 4) is 0 Å². The SMILES string of the molecule is CC1=NN(c2ccc(C)c(C)c2)C(=O)[C@H]1C(c1ccc(Cl)cc1Cl)[C@H]1C(=O)N(c2ccc(C)c(C)c2)N=C1C. The lowest BCUT2D eigenvalue weighted by Crippen LogP contribution is -2.40. The maximum atomic E-state index is 14.1. The molecule has 0 saturated carbocycles. The zero-order valence-corrected chi connectivity index (χ0v) is 24.3. The average Bonchev–Trinajstić information content (AvgIpc) is 3.34. The van der Waals surface area contributed by atoms with Gasteiger partial charge in [-0.2, -0.15) is 10.2 Å². The number of hydrogen-bond donors (Lipinski definition) is 0. The van der Waals surface area contributed by atoms with Gasteiger partial charge in [0.1, 0.15) is 0 Å². The van der Waals surface area contributed by atoms with Gasteiger partial charge >= 0.3 is 0 Å². The standard InChI is InChI=1S/C31H30Cl2N4O2/c1-16-7-10-23(13-18(16)3)36-30(38)27(20(5)34-36)29(25-12-9-22(32)15-26(25)33)28-21(6)35-37(31(28)39)24-11-8-17(2)19(4)14-24/h7-15,27-29H,1-6H3/t27-,28+,29?. The van der Waals surface area contributed by atoms with E-state index in [-0.39, 0.29) is 11.8 Å². The van der Waals surface area contributed by atoms with Crippen LogP contribution in [-0.2, 0) is 9.59 Å². The first kappa shape index (κ1) is 27.1. The quantitative estimate of drug-likeness (QED) is 0.326. The van der Waals surface area contributed by atoms with E-state index in [1.165, 1.54) is 10.0 Å². The molecule has 5 rings (SSSR count). The summed E-state index contributed by atoms with van der Waals surface area (Å²) in [7, 11) is 0. The van der Waals surface area contributed by atoms with E-state index >= 15 is 0 Å². The van der Waals surface area contributed by atoms with E-state index in [2.05, 4.69) is 10.2 Å². The average molecular weight is 562 g/mol. The number of amides is 2. The molecule has 8 heteroatoms. The lowest BCUT2D eigenvalue weighted by atomic mass is 9.73. The topological polar surface area (TPSA) is 65.3 Å². The zero-order valence-electron chi connectivity index (χ0n) is 22.8. The van der Waals surface area contributed by atoms with Crippen molar-refractivity contribution in [3.05, 3.63) is 92.5 Å². The van der Waals surface area contributed by atoms with Crippen molar-refractivity contribution in [2.75, 3.05) is 10.0 Å². The van der Waals surface area contributed by atoms with Crippen LogP contribution in [0.1, 0.15) is 47.6 Å². The van der Waals surface area contributed by atoms with Crippen LogP contribution < -0.4 is 10.0 Å². The van der Waals surface area contributed by atoms with Crippen LogP contribution in [-0.4, -0.2) is 23.2 Å². The fourth-order valence-electron chi connectivity index (χ4n) is 5.39. The molecular weight excluding hydrogens is 531 g/mol. The molecule has 2 heterocycles. The fourth-order valence-corrected chi connectivity index (χ4v) is 5.93. The molecule has 3 atom stereocenters. The summed E-state index contributed by atoms with van der Waals surface area (Å²) >= 11 is 13.0. The molecule has 0 aromatic heterocycles. The molecule has 0 spiro atoms. The third-order valence-corrected chi connectivity index (χ3v) is 8.44. The number of nitrogens with zero attached hydrogens (tertiary/aromatic N) is 4. The van der Waals surface area contributed by atoms with Crippen molar-refractivity contribution in [1.29, 1.82) is 0 Å². The van der Waals surface area contributed by atoms with Gasteiger partial charge in [0.15, 0.2) is 0 Å². The molecule has 3 aromatic rings. The van der Waals surface area contributed by atoms with Crippen molar-refractivity contribution >= 4 is 57.8 Å². The van der Waals surface area contributed by atoms with Crippen molar-refractivity contribution in [2.24, 2.45) is 22.0 Å². The molecule has 3 aromatic carbocycles. The highest BCUT2D eigenvalue weighted by Crippen LogP contribution is 2.45. The van der Waals surface area contributed by atoms with Crippen LogP contribution in [0.3, 0.4) is 0 Å². The number of aryl methyl sites for hydroxylation is 4. The Hall–Kier alpha value is -3.48. The van der Waals surface area contributed by atoms with Crippen LogP contribution in [0.2, 0.25) is 10.0 Å². The summed E-state index contributed by atoms with van der Waals surface area (Å²) in [6, 6.07) is 16.8. The first-order valence-corrected chi connectivity index (χ1v) is 13.6. The second-order valence-electron chi connectivity index (χ2n) is 10.5. The molecule has 1 unspecified atom stereocenters. The van der Waals surface area contributed by atoms with Gasteiger partial charge < -0.3 is 0 Å². The third kappa shape index (κ3) is 4.77. The molecule has 0 aliphatic carbocycles. The predicted molar refractivity (Wildman–Crippen MR) is 159 cm³/mol. The number of anilines is 2. The molecule has 0 fully saturated rings. The molecule has 2 aliphatic heterocycles. The summed E-state index contributed by atoms with van der Waals surface area (Å²) in [5.74, 6) is -2.49. The van der Waals surface area contributed by atoms with Crippen LogP contribution >= 0.6 is 23.2 Å². The molecule has 2 amide bonds. The fraction of sp³-hybridized carbons (Fsp3) is 0.290. The molecule has 39 heavy (non-hydrogen) atoms. The third-order valence-electron chi connectivity index (χ3n) is 7.88. The molecule has 0 bridgehead atoms. The van der Waals surface area contributed by atoms with E-state index < -0.39 is 17.8 Å². The normalized spacial score (nSPS) is 20.0. The van der Waals surface area contributed by atoms with Crippen molar-refractivity contribution < 1.29 is 9.59 Å². The lowest BCUT2D eigenvalue weighted by molar-refractivity contribution is -0.122. The summed E-state index contributed by atoms with van der Waals surface area (Å²) < 4.78 is 0. The minimum Gasteiger partial charge on any atom is -0.272 e. The van der Waals surface area contributed by atoms with Gasteiger partial charge in [-0.25, -0.2) is 10.0 Å². The van der Waals surface area contributed by atoms with Gasteiger partial charge in [-0.05, 0) is 106 Å². The van der Waals surface area contributed by atoms with Gasteiger partial charge in [-0.1, -0.05) is 41.4 Å². The van der Waals surface area contributed by atoms with Crippen LogP contribution in [0.4, 0.5) is 11.4 Å². The Morgan fingerprint density at radius 3 is 1.51 bits per heavy atom. The minimum atomic E-state index is -0.718. The second kappa shape index (κ2) is 10.2. The van der Waals surface area contributed by atoms with Gasteiger partial charge in [0.05, 0.1) is 23.2 Å². The number of rotatable bonds is 5. The predicted octanol–water partition coefficient (Wildman–Crippen LogP) is 7.39. The summed E-state index contributed by atoms with van der Waals surface area (Å²) in [6.45, 7) is 11.7. The van der Waals surface area contributed by atoms with Crippen LogP contribution in [0.25, 0.3) is 0 Å². The molecule has 0 saturated heterocycles. The minimum absolute atomic E-state index is 0.211. The highest BCUT2D eigenvalue weighted by atomic mass is 35.5. The maximum absolute atomic E-state index is 14.1. The Morgan fingerprint density at radius 2 is 1.10 bits per heavy atom. The summed E-state index contributed by atoms with van der Waals surface area (Å²) in [5, 5.41) is 13.1. The zero-order chi connectivity index (χ0) is 28.2. The number of carbonyl (C=O) groups is 2. The van der Waals surface area contributed by atoms with E-state index in [9.17, 15) is 9.59 Å². The van der Waals surface area contributed by atoms with E-state index in [1.807, 2.05) is 77.9 Å². The highest BCUT2D eigenvalue weighted by Gasteiger charge is 2.50. The second-order valence-corrected chi connectivity index (χ2v) is 11.3. The van der Waals surface area contributed by atoms with Crippen molar-refractivity contribution in [3.63, 3.8) is 0 Å². The van der Waals surface area contributed by atoms with E-state index in [0.717, 1.165) is 22.3 Å². The van der Waals surface area contributed by atoms with Gasteiger partial charge in [0.25, 0.3) is 11.8 Å². The van der Waals surface area contributed by atoms with Crippen LogP contribution in [0.5, 0.6) is 0 Å². The Bertz CT molecular complexity index is 1490. The van der Waals surface area contributed by atoms with Gasteiger partial charge in [-0.15, -0.1) is 0 Å². The number of benzene rings is 3. The van der Waals surface area contributed by atoms with Gasteiger partial charge in [-0.3, -0.25) is 9.59 Å². The Balaban J connectivity index is 1.60. The summed E-state index contributed by atoms with van der Waals surface area (Å²) in [4.78, 5) is 28.2. The number of carbonyl (C=O) groups excluding carboxylic acids is 2. The number of hydrogen-bond acceptors (Lipinski definition) is 4. The highest BCUT2D eigenvalue weighted by molar-refractivity contribution is 6.35. The largest absolute Gasteiger partial charge is 0.272 e. The Morgan fingerprint density at radius 1 is 0.641 bits per heavy atom. The van der Waals surface area contributed by atoms with Crippen LogP contribution in [0, 0.1) is 39.5 Å². The molecule has 2 aliphatic rings. The van der Waals surface area contributed by atoms with E-state index in [0.29, 0.717) is 38.4 Å². The Labute approximate surface area is 238 Å². The smallest absolute Gasteiger partial charge is 0.256 e. The molecule has 6 nitrogen and oxygen atoms in total. The van der Waals surface area contributed by atoms with Gasteiger partial charge in [0.2, 0.25) is 0 Å². The van der Waals surface area contributed by atoms with Gasteiger partial charge in [0, 0.05) is 27.4 Å². The van der Waals surface area contributed by atoms with Crippen molar-refractivity contribution in [1.82, 2.24) is 0 Å². The Kier molecular flexibility index (Phi) is 7.12. The molecule has 200 valence electrons.